The highest BCUT2D eigenvalue weighted by atomic mass is 16.5. The van der Waals surface area contributed by atoms with Gasteiger partial charge < -0.3 is 14.6 Å². The molecule has 0 aliphatic heterocycles. The molecule has 0 saturated heterocycles. The smallest absolute Gasteiger partial charge is 0.332 e. The Bertz CT molecular complexity index is 914. The fourth-order valence-electron chi connectivity index (χ4n) is 2.67. The number of carbonyl (C=O) groups is 1. The molecule has 0 heterocycles. The average molecular weight is 334 g/mol. The largest absolute Gasteiger partial charge is 0.496 e. The Morgan fingerprint density at radius 3 is 2.56 bits per heavy atom. The van der Waals surface area contributed by atoms with E-state index in [-0.39, 0.29) is 0 Å². The normalized spacial score (nSPS) is 11.3. The lowest BCUT2D eigenvalue weighted by Crippen LogP contribution is -1.98. The van der Waals surface area contributed by atoms with E-state index in [1.165, 1.54) is 7.11 Å². The van der Waals surface area contributed by atoms with E-state index in [0.29, 0.717) is 12.4 Å². The third-order valence-electron chi connectivity index (χ3n) is 3.84. The number of fused-ring (bicyclic) bond motifs is 1. The first-order valence-electron chi connectivity index (χ1n) is 7.86. The Kier molecular flexibility index (Phi) is 5.00. The standard InChI is InChI=1S/C21H18O4/c1-24-20(13-21(22)23)18-9-5-6-16-11-10-15(12-19(16)18)14-25-17-7-3-2-4-8-17/h2-13H,14H2,1H3,(H,22,23). The molecule has 0 unspecified atom stereocenters. The van der Waals surface area contributed by atoms with Crippen LogP contribution in [-0.4, -0.2) is 18.2 Å². The lowest BCUT2D eigenvalue weighted by Gasteiger charge is -2.12. The molecule has 0 aliphatic carbocycles. The van der Waals surface area contributed by atoms with Crippen LogP contribution in [-0.2, 0) is 16.1 Å². The highest BCUT2D eigenvalue weighted by Crippen LogP contribution is 2.27. The van der Waals surface area contributed by atoms with Gasteiger partial charge in [-0.05, 0) is 34.5 Å². The Hall–Kier alpha value is -3.27. The number of hydrogen-bond donors (Lipinski definition) is 1. The lowest BCUT2D eigenvalue weighted by atomic mass is 10.0. The van der Waals surface area contributed by atoms with E-state index in [1.807, 2.05) is 66.7 Å². The molecule has 25 heavy (non-hydrogen) atoms. The minimum absolute atomic E-state index is 0.319. The second-order valence-corrected chi connectivity index (χ2v) is 5.51. The zero-order valence-corrected chi connectivity index (χ0v) is 13.8. The number of methoxy groups -OCH3 is 1. The minimum atomic E-state index is -1.04. The van der Waals surface area contributed by atoms with Gasteiger partial charge in [-0.3, -0.25) is 0 Å². The molecule has 3 aromatic rings. The van der Waals surface area contributed by atoms with Crippen LogP contribution in [0.2, 0.25) is 0 Å². The highest BCUT2D eigenvalue weighted by Gasteiger charge is 2.09. The van der Waals surface area contributed by atoms with Crippen molar-refractivity contribution in [2.75, 3.05) is 7.11 Å². The monoisotopic (exact) mass is 334 g/mol. The molecule has 0 aliphatic rings. The minimum Gasteiger partial charge on any atom is -0.496 e. The molecule has 4 heteroatoms. The summed E-state index contributed by atoms with van der Waals surface area (Å²) in [6.45, 7) is 0.430. The number of ether oxygens (including phenoxy) is 2. The molecule has 0 bridgehead atoms. The molecule has 0 saturated carbocycles. The van der Waals surface area contributed by atoms with Gasteiger partial charge in [-0.15, -0.1) is 0 Å². The van der Waals surface area contributed by atoms with Gasteiger partial charge in [-0.1, -0.05) is 48.5 Å². The van der Waals surface area contributed by atoms with Crippen LogP contribution in [0.25, 0.3) is 16.5 Å². The van der Waals surface area contributed by atoms with Crippen LogP contribution in [0.15, 0.2) is 72.8 Å². The van der Waals surface area contributed by atoms with Crippen LogP contribution in [0.5, 0.6) is 5.75 Å². The Morgan fingerprint density at radius 1 is 1.04 bits per heavy atom. The van der Waals surface area contributed by atoms with E-state index in [4.69, 9.17) is 14.6 Å². The van der Waals surface area contributed by atoms with Crippen molar-refractivity contribution in [1.82, 2.24) is 0 Å². The first-order chi connectivity index (χ1) is 12.2. The molecule has 0 spiro atoms. The maximum Gasteiger partial charge on any atom is 0.332 e. The van der Waals surface area contributed by atoms with Crippen LogP contribution in [0, 0.1) is 0 Å². The van der Waals surface area contributed by atoms with Crippen LogP contribution >= 0.6 is 0 Å². The summed E-state index contributed by atoms with van der Waals surface area (Å²) in [4.78, 5) is 11.0. The third-order valence-corrected chi connectivity index (χ3v) is 3.84. The number of rotatable bonds is 6. The number of carboxylic acid groups (broad SMARTS) is 1. The predicted octanol–water partition coefficient (Wildman–Crippen LogP) is 4.49. The van der Waals surface area contributed by atoms with Crippen molar-refractivity contribution in [3.63, 3.8) is 0 Å². The summed E-state index contributed by atoms with van der Waals surface area (Å²) in [5.74, 6) is 0.0795. The average Bonchev–Trinajstić information content (AvgIpc) is 2.64. The fraction of sp³-hybridized carbons (Fsp3) is 0.0952. The number of para-hydroxylation sites is 1. The Labute approximate surface area is 145 Å². The molecular weight excluding hydrogens is 316 g/mol. The number of hydrogen-bond acceptors (Lipinski definition) is 3. The van der Waals surface area contributed by atoms with Crippen LogP contribution in [0.3, 0.4) is 0 Å². The first kappa shape index (κ1) is 16.6. The van der Waals surface area contributed by atoms with Gasteiger partial charge in [-0.25, -0.2) is 4.79 Å². The van der Waals surface area contributed by atoms with Gasteiger partial charge in [-0.2, -0.15) is 0 Å². The van der Waals surface area contributed by atoms with Gasteiger partial charge in [0.25, 0.3) is 0 Å². The molecule has 0 aromatic heterocycles. The van der Waals surface area contributed by atoms with Gasteiger partial charge in [0, 0.05) is 5.56 Å². The summed E-state index contributed by atoms with van der Waals surface area (Å²) in [5, 5.41) is 11.0. The molecule has 3 aromatic carbocycles. The predicted molar refractivity (Wildman–Crippen MR) is 97.3 cm³/mol. The van der Waals surface area contributed by atoms with Gasteiger partial charge >= 0.3 is 5.97 Å². The van der Waals surface area contributed by atoms with E-state index in [1.54, 1.807) is 0 Å². The summed E-state index contributed by atoms with van der Waals surface area (Å²) in [6.07, 6.45) is 1.07. The summed E-state index contributed by atoms with van der Waals surface area (Å²) in [6, 6.07) is 21.3. The van der Waals surface area contributed by atoms with Crippen molar-refractivity contribution in [2.24, 2.45) is 0 Å². The van der Waals surface area contributed by atoms with Crippen molar-refractivity contribution in [1.29, 1.82) is 0 Å². The summed E-state index contributed by atoms with van der Waals surface area (Å²) in [7, 11) is 1.47. The number of carboxylic acids is 1. The quantitative estimate of drug-likeness (QED) is 0.533. The van der Waals surface area contributed by atoms with Gasteiger partial charge in [0.1, 0.15) is 18.1 Å². The Morgan fingerprint density at radius 2 is 1.84 bits per heavy atom. The van der Waals surface area contributed by atoms with E-state index >= 15 is 0 Å². The van der Waals surface area contributed by atoms with E-state index in [9.17, 15) is 4.79 Å². The zero-order valence-electron chi connectivity index (χ0n) is 13.8. The SMILES string of the molecule is COC(=CC(=O)O)c1cccc2ccc(COc3ccccc3)cc12. The third kappa shape index (κ3) is 3.98. The summed E-state index contributed by atoms with van der Waals surface area (Å²) in [5.41, 5.74) is 1.73. The Balaban J connectivity index is 1.95. The number of aliphatic carboxylic acids is 1. The van der Waals surface area contributed by atoms with Crippen LogP contribution < -0.4 is 4.74 Å². The lowest BCUT2D eigenvalue weighted by molar-refractivity contribution is -0.131. The molecule has 0 fully saturated rings. The molecule has 3 rings (SSSR count). The van der Waals surface area contributed by atoms with Crippen LogP contribution in [0.1, 0.15) is 11.1 Å². The van der Waals surface area contributed by atoms with E-state index in [2.05, 4.69) is 0 Å². The molecule has 1 N–H and O–H groups in total. The van der Waals surface area contributed by atoms with Gasteiger partial charge in [0.05, 0.1) is 13.2 Å². The summed E-state index contributed by atoms with van der Waals surface area (Å²) >= 11 is 0. The second kappa shape index (κ2) is 7.53. The van der Waals surface area contributed by atoms with E-state index in [0.717, 1.165) is 33.7 Å². The van der Waals surface area contributed by atoms with Gasteiger partial charge in [0.2, 0.25) is 0 Å². The van der Waals surface area contributed by atoms with Crippen molar-refractivity contribution >= 4 is 22.5 Å². The molecule has 4 nitrogen and oxygen atoms in total. The fourth-order valence-corrected chi connectivity index (χ4v) is 2.67. The maximum atomic E-state index is 11.0. The topological polar surface area (TPSA) is 55.8 Å². The molecule has 0 amide bonds. The number of benzene rings is 3. The first-order valence-corrected chi connectivity index (χ1v) is 7.86. The molecule has 126 valence electrons. The van der Waals surface area contributed by atoms with Crippen molar-refractivity contribution in [3.05, 3.63) is 83.9 Å². The summed E-state index contributed by atoms with van der Waals surface area (Å²) < 4.78 is 11.1. The zero-order chi connectivity index (χ0) is 17.6. The van der Waals surface area contributed by atoms with Crippen molar-refractivity contribution in [2.45, 2.75) is 6.61 Å². The molecular formula is C21H18O4. The molecule has 0 atom stereocenters. The second-order valence-electron chi connectivity index (χ2n) is 5.51. The maximum absolute atomic E-state index is 11.0. The van der Waals surface area contributed by atoms with Crippen molar-refractivity contribution < 1.29 is 19.4 Å². The van der Waals surface area contributed by atoms with E-state index < -0.39 is 5.97 Å². The molecule has 0 radical (unpaired) electrons. The van der Waals surface area contributed by atoms with Crippen molar-refractivity contribution in [3.8, 4) is 5.75 Å². The van der Waals surface area contributed by atoms with Crippen LogP contribution in [0.4, 0.5) is 0 Å². The van der Waals surface area contributed by atoms with Gasteiger partial charge in [0.15, 0.2) is 0 Å². The highest BCUT2D eigenvalue weighted by molar-refractivity contribution is 5.97.